The summed E-state index contributed by atoms with van der Waals surface area (Å²) in [5, 5.41) is 8.42. The molecule has 0 aliphatic heterocycles. The number of anilines is 1. The van der Waals surface area contributed by atoms with Gasteiger partial charge in [0.05, 0.1) is 17.1 Å². The number of fused-ring (bicyclic) bond motifs is 2. The van der Waals surface area contributed by atoms with Gasteiger partial charge in [0, 0.05) is 13.1 Å². The van der Waals surface area contributed by atoms with Crippen molar-refractivity contribution < 1.29 is 0 Å². The van der Waals surface area contributed by atoms with Crippen LogP contribution in [0, 0.1) is 30.6 Å². The van der Waals surface area contributed by atoms with Crippen molar-refractivity contribution in [2.75, 3.05) is 5.32 Å². The molecule has 2 bridgehead atoms. The summed E-state index contributed by atoms with van der Waals surface area (Å²) in [4.78, 5) is 0. The van der Waals surface area contributed by atoms with Crippen LogP contribution in [-0.2, 0) is 7.05 Å². The lowest BCUT2D eigenvalue weighted by molar-refractivity contribution is 0.155. The van der Waals surface area contributed by atoms with E-state index in [-0.39, 0.29) is 0 Å². The van der Waals surface area contributed by atoms with E-state index in [1.54, 1.807) is 0 Å². The first-order valence-corrected chi connectivity index (χ1v) is 7.52. The Morgan fingerprint density at radius 3 is 2.42 bits per heavy atom. The van der Waals surface area contributed by atoms with Gasteiger partial charge in [0.2, 0.25) is 0 Å². The zero-order valence-corrected chi connectivity index (χ0v) is 13.2. The van der Waals surface area contributed by atoms with Gasteiger partial charge in [-0.1, -0.05) is 20.8 Å². The van der Waals surface area contributed by atoms with Crippen molar-refractivity contribution in [2.45, 2.75) is 59.9 Å². The van der Waals surface area contributed by atoms with Gasteiger partial charge >= 0.3 is 0 Å². The average Bonchev–Trinajstić information content (AvgIpc) is 2.86. The molecule has 1 N–H and O–H groups in total. The number of rotatable bonds is 2. The molecule has 0 amide bonds. The molecule has 3 nitrogen and oxygen atoms in total. The summed E-state index contributed by atoms with van der Waals surface area (Å²) < 4.78 is 1.99. The number of hydrogen-bond acceptors (Lipinski definition) is 2. The molecule has 2 fully saturated rings. The quantitative estimate of drug-likeness (QED) is 0.880. The topological polar surface area (TPSA) is 29.9 Å². The summed E-state index contributed by atoms with van der Waals surface area (Å²) in [7, 11) is 2.03. The summed E-state index contributed by atoms with van der Waals surface area (Å²) in [6.07, 6.45) is 4.17. The molecule has 0 radical (unpaired) electrons. The number of nitrogens with one attached hydrogen (secondary N) is 1. The molecule has 1 aromatic rings. The van der Waals surface area contributed by atoms with Gasteiger partial charge in [0.15, 0.2) is 0 Å². The van der Waals surface area contributed by atoms with Gasteiger partial charge in [-0.3, -0.25) is 4.68 Å². The highest BCUT2D eigenvalue weighted by Gasteiger charge is 2.59. The monoisotopic (exact) mass is 261 g/mol. The van der Waals surface area contributed by atoms with Gasteiger partial charge in [-0.25, -0.2) is 0 Å². The van der Waals surface area contributed by atoms with E-state index in [9.17, 15) is 0 Å². The van der Waals surface area contributed by atoms with E-state index in [1.165, 1.54) is 30.6 Å². The molecule has 2 aliphatic rings. The van der Waals surface area contributed by atoms with Crippen LogP contribution < -0.4 is 5.32 Å². The third kappa shape index (κ3) is 1.66. The van der Waals surface area contributed by atoms with Crippen LogP contribution in [0.5, 0.6) is 0 Å². The van der Waals surface area contributed by atoms with Crippen LogP contribution in [0.15, 0.2) is 0 Å². The first-order valence-electron chi connectivity index (χ1n) is 7.52. The zero-order chi connectivity index (χ0) is 14.0. The molecule has 2 saturated carbocycles. The largest absolute Gasteiger partial charge is 0.378 e. The highest BCUT2D eigenvalue weighted by atomic mass is 15.3. The van der Waals surface area contributed by atoms with E-state index >= 15 is 0 Å². The summed E-state index contributed by atoms with van der Waals surface area (Å²) in [5.41, 5.74) is 4.49. The summed E-state index contributed by atoms with van der Waals surface area (Å²) >= 11 is 0. The van der Waals surface area contributed by atoms with Crippen molar-refractivity contribution >= 4 is 5.69 Å². The number of hydrogen-bond donors (Lipinski definition) is 1. The Hall–Kier alpha value is -0.990. The minimum atomic E-state index is 0.391. The minimum absolute atomic E-state index is 0.391. The molecule has 3 rings (SSSR count). The third-order valence-electron chi connectivity index (χ3n) is 6.07. The molecule has 2 aliphatic carbocycles. The van der Waals surface area contributed by atoms with Crippen molar-refractivity contribution in [3.63, 3.8) is 0 Å². The molecule has 3 heteroatoms. The van der Waals surface area contributed by atoms with Gasteiger partial charge in [-0.2, -0.15) is 5.10 Å². The maximum absolute atomic E-state index is 4.54. The molecule has 106 valence electrons. The van der Waals surface area contributed by atoms with Crippen LogP contribution in [0.4, 0.5) is 5.69 Å². The molecule has 1 heterocycles. The van der Waals surface area contributed by atoms with Crippen LogP contribution in [0.1, 0.15) is 51.4 Å². The normalized spacial score (nSPS) is 35.9. The standard InChI is InChI=1S/C16H27N3/c1-10-13(11(2)19(6)18-10)17-14-15(3,4)12-7-8-16(14,5)9-12/h12,14,17H,7-9H2,1-6H3/t12-,14?,16+/m0/s1. The molecule has 1 unspecified atom stereocenters. The van der Waals surface area contributed by atoms with Gasteiger partial charge < -0.3 is 5.32 Å². The Kier molecular flexibility index (Phi) is 2.58. The highest BCUT2D eigenvalue weighted by Crippen LogP contribution is 2.63. The van der Waals surface area contributed by atoms with E-state index < -0.39 is 0 Å². The van der Waals surface area contributed by atoms with Crippen LogP contribution in [-0.4, -0.2) is 15.8 Å². The van der Waals surface area contributed by atoms with Gasteiger partial charge in [-0.05, 0) is 49.9 Å². The zero-order valence-electron chi connectivity index (χ0n) is 13.2. The maximum Gasteiger partial charge on any atom is 0.0827 e. The van der Waals surface area contributed by atoms with E-state index in [2.05, 4.69) is 45.0 Å². The third-order valence-corrected chi connectivity index (χ3v) is 6.07. The molecular formula is C16H27N3. The molecule has 19 heavy (non-hydrogen) atoms. The first kappa shape index (κ1) is 13.0. The van der Waals surface area contributed by atoms with Crippen LogP contribution in [0.25, 0.3) is 0 Å². The Morgan fingerprint density at radius 1 is 1.26 bits per heavy atom. The summed E-state index contributed by atoms with van der Waals surface area (Å²) in [6, 6.07) is 0.570. The van der Waals surface area contributed by atoms with Gasteiger partial charge in [-0.15, -0.1) is 0 Å². The fraction of sp³-hybridized carbons (Fsp3) is 0.812. The van der Waals surface area contributed by atoms with E-state index in [1.807, 2.05) is 11.7 Å². The second-order valence-corrected chi connectivity index (χ2v) is 7.66. The van der Waals surface area contributed by atoms with Crippen molar-refractivity contribution in [1.82, 2.24) is 9.78 Å². The minimum Gasteiger partial charge on any atom is -0.378 e. The molecule has 0 aromatic carbocycles. The number of aryl methyl sites for hydroxylation is 2. The summed E-state index contributed by atoms with van der Waals surface area (Å²) in [6.45, 7) is 11.6. The Bertz CT molecular complexity index is 510. The molecular weight excluding hydrogens is 234 g/mol. The lowest BCUT2D eigenvalue weighted by Gasteiger charge is -2.43. The Balaban J connectivity index is 1.95. The first-order chi connectivity index (χ1) is 8.75. The SMILES string of the molecule is Cc1nn(C)c(C)c1NC1C(C)(C)[C@H]2CC[C@]1(C)C2. The lowest BCUT2D eigenvalue weighted by atomic mass is 9.68. The van der Waals surface area contributed by atoms with Crippen LogP contribution in [0.2, 0.25) is 0 Å². The molecule has 1 aromatic heterocycles. The second-order valence-electron chi connectivity index (χ2n) is 7.66. The Labute approximate surface area is 116 Å². The fourth-order valence-electron chi connectivity index (χ4n) is 4.79. The van der Waals surface area contributed by atoms with E-state index in [4.69, 9.17) is 0 Å². The van der Waals surface area contributed by atoms with Crippen molar-refractivity contribution in [1.29, 1.82) is 0 Å². The lowest BCUT2D eigenvalue weighted by Crippen LogP contribution is -2.46. The Morgan fingerprint density at radius 2 is 1.95 bits per heavy atom. The predicted molar refractivity (Wildman–Crippen MR) is 79.3 cm³/mol. The van der Waals surface area contributed by atoms with E-state index in [0.29, 0.717) is 16.9 Å². The summed E-state index contributed by atoms with van der Waals surface area (Å²) in [5.74, 6) is 0.882. The smallest absolute Gasteiger partial charge is 0.0827 e. The maximum atomic E-state index is 4.54. The van der Waals surface area contributed by atoms with Crippen LogP contribution in [0.3, 0.4) is 0 Å². The average molecular weight is 261 g/mol. The molecule has 3 atom stereocenters. The van der Waals surface area contributed by atoms with Crippen LogP contribution >= 0.6 is 0 Å². The molecule has 0 saturated heterocycles. The number of aromatic nitrogens is 2. The van der Waals surface area contributed by atoms with Crippen molar-refractivity contribution in [3.8, 4) is 0 Å². The van der Waals surface area contributed by atoms with E-state index in [0.717, 1.165) is 11.6 Å². The molecule has 0 spiro atoms. The fourth-order valence-corrected chi connectivity index (χ4v) is 4.79. The van der Waals surface area contributed by atoms with Gasteiger partial charge in [0.25, 0.3) is 0 Å². The predicted octanol–water partition coefficient (Wildman–Crippen LogP) is 3.66. The van der Waals surface area contributed by atoms with Crippen molar-refractivity contribution in [2.24, 2.45) is 23.8 Å². The second kappa shape index (κ2) is 3.77. The van der Waals surface area contributed by atoms with Gasteiger partial charge in [0.1, 0.15) is 0 Å². The highest BCUT2D eigenvalue weighted by molar-refractivity contribution is 5.54. The van der Waals surface area contributed by atoms with Crippen molar-refractivity contribution in [3.05, 3.63) is 11.4 Å². The number of nitrogens with zero attached hydrogens (tertiary/aromatic N) is 2.